The van der Waals surface area contributed by atoms with Crippen LogP contribution < -0.4 is 5.32 Å². The largest absolute Gasteiger partial charge is 0.362 e. The van der Waals surface area contributed by atoms with Gasteiger partial charge in [-0.2, -0.15) is 0 Å². The van der Waals surface area contributed by atoms with Gasteiger partial charge in [0.2, 0.25) is 0 Å². The summed E-state index contributed by atoms with van der Waals surface area (Å²) >= 11 is 1.95. The molecule has 3 aliphatic rings. The van der Waals surface area contributed by atoms with E-state index in [0.29, 0.717) is 6.04 Å². The molecular formula is C13H23N3S. The van der Waals surface area contributed by atoms with Crippen molar-refractivity contribution in [2.24, 2.45) is 4.99 Å². The Hall–Kier alpha value is -0.220. The van der Waals surface area contributed by atoms with Crippen LogP contribution in [0, 0.1) is 0 Å². The molecule has 2 fully saturated rings. The quantitative estimate of drug-likeness (QED) is 0.816. The Morgan fingerprint density at radius 2 is 2.35 bits per heavy atom. The van der Waals surface area contributed by atoms with E-state index in [1.807, 2.05) is 11.8 Å². The summed E-state index contributed by atoms with van der Waals surface area (Å²) in [6, 6.07) is 1.53. The van der Waals surface area contributed by atoms with Crippen molar-refractivity contribution in [1.29, 1.82) is 0 Å². The molecule has 0 saturated carbocycles. The predicted octanol–water partition coefficient (Wildman–Crippen LogP) is 2.08. The number of fused-ring (bicyclic) bond motifs is 1. The van der Waals surface area contributed by atoms with E-state index in [2.05, 4.69) is 22.1 Å². The molecule has 3 atom stereocenters. The molecule has 3 rings (SSSR count). The highest BCUT2D eigenvalue weighted by Crippen LogP contribution is 2.28. The third kappa shape index (κ3) is 2.63. The summed E-state index contributed by atoms with van der Waals surface area (Å²) in [4.78, 5) is 7.30. The number of hydrogen-bond acceptors (Lipinski definition) is 4. The van der Waals surface area contributed by atoms with Gasteiger partial charge < -0.3 is 10.2 Å². The van der Waals surface area contributed by atoms with Crippen LogP contribution in [0.1, 0.15) is 39.0 Å². The summed E-state index contributed by atoms with van der Waals surface area (Å²) in [5.74, 6) is 0. The molecule has 0 aromatic carbocycles. The number of aliphatic imine (C=N–C) groups is 1. The van der Waals surface area contributed by atoms with Crippen molar-refractivity contribution in [3.05, 3.63) is 0 Å². The number of rotatable bonds is 2. The van der Waals surface area contributed by atoms with Crippen LogP contribution >= 0.6 is 11.8 Å². The Morgan fingerprint density at radius 3 is 3.18 bits per heavy atom. The lowest BCUT2D eigenvalue weighted by atomic mass is 9.98. The third-order valence-electron chi connectivity index (χ3n) is 4.32. The normalized spacial score (nSPS) is 37.9. The van der Waals surface area contributed by atoms with Crippen LogP contribution in [-0.4, -0.2) is 47.0 Å². The lowest BCUT2D eigenvalue weighted by Gasteiger charge is -2.35. The molecule has 0 spiro atoms. The van der Waals surface area contributed by atoms with Crippen LogP contribution in [0.5, 0.6) is 0 Å². The van der Waals surface area contributed by atoms with E-state index >= 15 is 0 Å². The van der Waals surface area contributed by atoms with Crippen molar-refractivity contribution in [3.8, 4) is 0 Å². The fourth-order valence-corrected chi connectivity index (χ4v) is 4.25. The molecule has 0 radical (unpaired) electrons. The van der Waals surface area contributed by atoms with E-state index in [0.717, 1.165) is 17.8 Å². The van der Waals surface area contributed by atoms with Gasteiger partial charge in [-0.3, -0.25) is 4.99 Å². The highest BCUT2D eigenvalue weighted by Gasteiger charge is 2.32. The average Bonchev–Trinajstić information content (AvgIpc) is 2.96. The van der Waals surface area contributed by atoms with Gasteiger partial charge in [0.25, 0.3) is 0 Å². The number of piperidine rings is 1. The Kier molecular flexibility index (Phi) is 3.61. The molecule has 2 saturated heterocycles. The van der Waals surface area contributed by atoms with Crippen molar-refractivity contribution in [2.75, 3.05) is 19.6 Å². The lowest BCUT2D eigenvalue weighted by Crippen LogP contribution is -2.46. The van der Waals surface area contributed by atoms with Crippen molar-refractivity contribution in [3.63, 3.8) is 0 Å². The van der Waals surface area contributed by atoms with E-state index in [4.69, 9.17) is 0 Å². The molecule has 3 unspecified atom stereocenters. The summed E-state index contributed by atoms with van der Waals surface area (Å²) in [5.41, 5.74) is 0. The molecular weight excluding hydrogens is 230 g/mol. The standard InChI is InChI=1S/C13H23N3S/c1-2-12-9-14-13(17-12)15-10-5-7-16-6-3-4-11(16)8-10/h10-12H,2-9H2,1H3,(H,14,15). The summed E-state index contributed by atoms with van der Waals surface area (Å²) in [6.07, 6.45) is 6.68. The van der Waals surface area contributed by atoms with Gasteiger partial charge in [0.05, 0.1) is 6.54 Å². The molecule has 4 heteroatoms. The number of nitrogens with one attached hydrogen (secondary N) is 1. The van der Waals surface area contributed by atoms with Gasteiger partial charge in [-0.1, -0.05) is 18.7 Å². The Labute approximate surface area is 108 Å². The van der Waals surface area contributed by atoms with Gasteiger partial charge in [-0.15, -0.1) is 0 Å². The predicted molar refractivity (Wildman–Crippen MR) is 74.7 cm³/mol. The van der Waals surface area contributed by atoms with Gasteiger partial charge in [0, 0.05) is 23.9 Å². The molecule has 0 aromatic rings. The van der Waals surface area contributed by atoms with Crippen LogP contribution in [0.4, 0.5) is 0 Å². The van der Waals surface area contributed by atoms with Crippen molar-refractivity contribution in [1.82, 2.24) is 10.2 Å². The topological polar surface area (TPSA) is 27.6 Å². The number of amidine groups is 1. The second-order valence-corrected chi connectivity index (χ2v) is 6.78. The summed E-state index contributed by atoms with van der Waals surface area (Å²) in [5, 5.41) is 5.62. The number of thioether (sulfide) groups is 1. The molecule has 3 aliphatic heterocycles. The first-order chi connectivity index (χ1) is 8.35. The van der Waals surface area contributed by atoms with E-state index in [9.17, 15) is 0 Å². The second kappa shape index (κ2) is 5.19. The zero-order chi connectivity index (χ0) is 11.7. The lowest BCUT2D eigenvalue weighted by molar-refractivity contribution is 0.175. The minimum absolute atomic E-state index is 0.677. The SMILES string of the molecule is CCC1CN=C(NC2CCN3CCCC3C2)S1. The first-order valence-corrected chi connectivity index (χ1v) is 7.95. The monoisotopic (exact) mass is 253 g/mol. The molecule has 96 valence electrons. The van der Waals surface area contributed by atoms with E-state index in [1.165, 1.54) is 50.4 Å². The fraction of sp³-hybridized carbons (Fsp3) is 0.923. The van der Waals surface area contributed by atoms with Crippen LogP contribution in [0.2, 0.25) is 0 Å². The van der Waals surface area contributed by atoms with Gasteiger partial charge in [-0.05, 0) is 38.6 Å². The van der Waals surface area contributed by atoms with Gasteiger partial charge >= 0.3 is 0 Å². The highest BCUT2D eigenvalue weighted by molar-refractivity contribution is 8.14. The Balaban J connectivity index is 1.50. The minimum atomic E-state index is 0.677. The van der Waals surface area contributed by atoms with Crippen LogP contribution in [0.15, 0.2) is 4.99 Å². The molecule has 1 N–H and O–H groups in total. The van der Waals surface area contributed by atoms with Crippen LogP contribution in [-0.2, 0) is 0 Å². The van der Waals surface area contributed by atoms with Crippen LogP contribution in [0.25, 0.3) is 0 Å². The fourth-order valence-electron chi connectivity index (χ4n) is 3.24. The summed E-state index contributed by atoms with van der Waals surface area (Å²) in [6.45, 7) is 5.90. The summed E-state index contributed by atoms with van der Waals surface area (Å²) < 4.78 is 0. The minimum Gasteiger partial charge on any atom is -0.362 e. The number of nitrogens with zero attached hydrogens (tertiary/aromatic N) is 2. The Bertz CT molecular complexity index is 305. The molecule has 0 amide bonds. The third-order valence-corrected chi connectivity index (χ3v) is 5.61. The van der Waals surface area contributed by atoms with Crippen molar-refractivity contribution in [2.45, 2.75) is 56.4 Å². The molecule has 0 aliphatic carbocycles. The van der Waals surface area contributed by atoms with E-state index < -0.39 is 0 Å². The van der Waals surface area contributed by atoms with Crippen molar-refractivity contribution < 1.29 is 0 Å². The molecule has 17 heavy (non-hydrogen) atoms. The maximum atomic E-state index is 4.62. The molecule has 0 bridgehead atoms. The van der Waals surface area contributed by atoms with Crippen molar-refractivity contribution >= 4 is 16.9 Å². The van der Waals surface area contributed by atoms with Crippen LogP contribution in [0.3, 0.4) is 0 Å². The zero-order valence-corrected chi connectivity index (χ0v) is 11.5. The second-order valence-electron chi connectivity index (χ2n) is 5.49. The average molecular weight is 253 g/mol. The smallest absolute Gasteiger partial charge is 0.157 e. The van der Waals surface area contributed by atoms with E-state index in [-0.39, 0.29) is 0 Å². The first-order valence-electron chi connectivity index (χ1n) is 7.07. The molecule has 3 nitrogen and oxygen atoms in total. The maximum absolute atomic E-state index is 4.62. The highest BCUT2D eigenvalue weighted by atomic mass is 32.2. The summed E-state index contributed by atoms with van der Waals surface area (Å²) in [7, 11) is 0. The molecule has 3 heterocycles. The van der Waals surface area contributed by atoms with Gasteiger partial charge in [0.1, 0.15) is 0 Å². The van der Waals surface area contributed by atoms with Gasteiger partial charge in [-0.25, -0.2) is 0 Å². The molecule has 0 aromatic heterocycles. The first kappa shape index (κ1) is 11.8. The maximum Gasteiger partial charge on any atom is 0.157 e. The zero-order valence-electron chi connectivity index (χ0n) is 10.7. The van der Waals surface area contributed by atoms with E-state index in [1.54, 1.807) is 0 Å². The van der Waals surface area contributed by atoms with Gasteiger partial charge in [0.15, 0.2) is 5.17 Å². The number of hydrogen-bond donors (Lipinski definition) is 1. The Morgan fingerprint density at radius 1 is 1.41 bits per heavy atom.